The van der Waals surface area contributed by atoms with Crippen molar-refractivity contribution < 1.29 is 28.6 Å². The molecule has 77 heavy (non-hydrogen) atoms. The number of rotatable bonds is 57. The van der Waals surface area contributed by atoms with Crippen molar-refractivity contribution in [3.05, 3.63) is 122 Å². The Hall–Kier alpha value is -4.19. The summed E-state index contributed by atoms with van der Waals surface area (Å²) in [6.45, 7) is 6.45. The van der Waals surface area contributed by atoms with Gasteiger partial charge in [0, 0.05) is 19.3 Å². The van der Waals surface area contributed by atoms with Crippen LogP contribution in [0.5, 0.6) is 0 Å². The molecule has 0 spiro atoms. The maximum absolute atomic E-state index is 12.8. The summed E-state index contributed by atoms with van der Waals surface area (Å²) in [4.78, 5) is 38.2. The number of carbonyl (C=O) groups is 3. The lowest BCUT2D eigenvalue weighted by Gasteiger charge is -2.18. The van der Waals surface area contributed by atoms with Gasteiger partial charge in [-0.2, -0.15) is 0 Å². The Kier molecular flexibility index (Phi) is 60.8. The van der Waals surface area contributed by atoms with Gasteiger partial charge in [0.1, 0.15) is 13.2 Å². The molecule has 6 heteroatoms. The molecule has 0 aliphatic carbocycles. The van der Waals surface area contributed by atoms with Crippen LogP contribution in [0, 0.1) is 0 Å². The highest BCUT2D eigenvalue weighted by Gasteiger charge is 2.19. The van der Waals surface area contributed by atoms with Gasteiger partial charge in [0.2, 0.25) is 0 Å². The van der Waals surface area contributed by atoms with E-state index in [4.69, 9.17) is 14.2 Å². The summed E-state index contributed by atoms with van der Waals surface area (Å²) in [5, 5.41) is 0. The van der Waals surface area contributed by atoms with E-state index in [-0.39, 0.29) is 31.1 Å². The van der Waals surface area contributed by atoms with Gasteiger partial charge in [-0.3, -0.25) is 14.4 Å². The van der Waals surface area contributed by atoms with E-state index in [1.54, 1.807) is 0 Å². The molecule has 0 aromatic heterocycles. The summed E-state index contributed by atoms with van der Waals surface area (Å²) < 4.78 is 16.9. The third-order valence-corrected chi connectivity index (χ3v) is 13.4. The van der Waals surface area contributed by atoms with E-state index in [1.807, 2.05) is 0 Å². The van der Waals surface area contributed by atoms with Crippen LogP contribution in [0.1, 0.15) is 290 Å². The Labute approximate surface area is 475 Å². The molecule has 0 radical (unpaired) electrons. The number of unbranched alkanes of at least 4 members (excludes halogenated alkanes) is 26. The standard InChI is InChI=1S/C71H118O6/c1-4-7-10-13-16-19-22-25-26-27-28-29-30-31-32-33-34-35-36-37-38-39-40-41-42-43-44-47-49-52-55-58-61-64-70(73)76-67-68(77-71(74)65-62-59-56-53-50-46-24-21-18-15-12-9-6-3)66-75-69(72)63-60-57-54-51-48-45-23-20-17-14-11-8-5-2/h7,10,12,15-16,19,21,24-26,28-29,31-32,34-35,37-38,40-41,68H,4-6,8-9,11,13-14,17-18,20,22-23,27,30,33,36,39,42-67H2,1-3H3/b10-7-,15-12-,19-16-,24-21-,26-25-,29-28-,32-31-,35-34-,38-37-,41-40-. The molecule has 1 atom stereocenters. The molecular weight excluding hydrogens is 949 g/mol. The van der Waals surface area contributed by atoms with E-state index in [1.165, 1.54) is 103 Å². The van der Waals surface area contributed by atoms with Crippen molar-refractivity contribution in [2.24, 2.45) is 0 Å². The van der Waals surface area contributed by atoms with Gasteiger partial charge in [-0.1, -0.05) is 284 Å². The van der Waals surface area contributed by atoms with E-state index in [2.05, 4.69) is 142 Å². The van der Waals surface area contributed by atoms with Gasteiger partial charge >= 0.3 is 17.9 Å². The molecule has 0 amide bonds. The van der Waals surface area contributed by atoms with Gasteiger partial charge in [0.25, 0.3) is 0 Å². The first-order valence-electron chi connectivity index (χ1n) is 32.0. The fourth-order valence-corrected chi connectivity index (χ4v) is 8.67. The lowest BCUT2D eigenvalue weighted by atomic mass is 10.0. The molecule has 6 nitrogen and oxygen atoms in total. The molecule has 0 N–H and O–H groups in total. The van der Waals surface area contributed by atoms with Crippen LogP contribution in [0.15, 0.2) is 122 Å². The normalized spacial score (nSPS) is 12.9. The highest BCUT2D eigenvalue weighted by molar-refractivity contribution is 5.71. The molecule has 0 aliphatic heterocycles. The summed E-state index contributed by atoms with van der Waals surface area (Å²) in [5.74, 6) is -0.904. The first kappa shape index (κ1) is 72.8. The number of ether oxygens (including phenoxy) is 3. The van der Waals surface area contributed by atoms with E-state index >= 15 is 0 Å². The zero-order chi connectivity index (χ0) is 55.7. The monoisotopic (exact) mass is 1070 g/mol. The van der Waals surface area contributed by atoms with Crippen molar-refractivity contribution in [3.8, 4) is 0 Å². The zero-order valence-corrected chi connectivity index (χ0v) is 50.2. The van der Waals surface area contributed by atoms with Crippen molar-refractivity contribution in [1.82, 2.24) is 0 Å². The van der Waals surface area contributed by atoms with E-state index in [0.717, 1.165) is 148 Å². The third kappa shape index (κ3) is 62.5. The highest BCUT2D eigenvalue weighted by Crippen LogP contribution is 2.16. The quantitative estimate of drug-likeness (QED) is 0.0261. The molecule has 0 heterocycles. The molecule has 1 unspecified atom stereocenters. The van der Waals surface area contributed by atoms with E-state index < -0.39 is 6.10 Å². The number of carbonyl (C=O) groups excluding carboxylic acids is 3. The molecule has 0 aliphatic rings. The van der Waals surface area contributed by atoms with Gasteiger partial charge in [-0.25, -0.2) is 0 Å². The molecule has 0 saturated carbocycles. The number of hydrogen-bond donors (Lipinski definition) is 0. The summed E-state index contributed by atoms with van der Waals surface area (Å²) in [7, 11) is 0. The Balaban J connectivity index is 4.24. The molecule has 0 aromatic rings. The maximum Gasteiger partial charge on any atom is 0.306 e. The first-order chi connectivity index (χ1) is 38.0. The first-order valence-corrected chi connectivity index (χ1v) is 32.0. The second kappa shape index (κ2) is 64.3. The van der Waals surface area contributed by atoms with E-state index in [0.29, 0.717) is 19.3 Å². The van der Waals surface area contributed by atoms with Gasteiger partial charge in [0.15, 0.2) is 6.10 Å². The van der Waals surface area contributed by atoms with Crippen LogP contribution in [0.3, 0.4) is 0 Å². The Morgan fingerprint density at radius 3 is 0.844 bits per heavy atom. The van der Waals surface area contributed by atoms with Crippen molar-refractivity contribution in [3.63, 3.8) is 0 Å². The van der Waals surface area contributed by atoms with Crippen LogP contribution in [0.4, 0.5) is 0 Å². The summed E-state index contributed by atoms with van der Waals surface area (Å²) in [6, 6.07) is 0. The Morgan fingerprint density at radius 1 is 0.273 bits per heavy atom. The van der Waals surface area contributed by atoms with Crippen LogP contribution >= 0.6 is 0 Å². The Morgan fingerprint density at radius 2 is 0.532 bits per heavy atom. The van der Waals surface area contributed by atoms with Crippen molar-refractivity contribution in [2.45, 2.75) is 297 Å². The summed E-state index contributed by atoms with van der Waals surface area (Å²) in [6.07, 6.45) is 89.2. The second-order valence-electron chi connectivity index (χ2n) is 20.9. The molecular formula is C71H118O6. The fraction of sp³-hybridized carbons (Fsp3) is 0.676. The molecule has 0 saturated heterocycles. The zero-order valence-electron chi connectivity index (χ0n) is 50.2. The fourth-order valence-electron chi connectivity index (χ4n) is 8.67. The average Bonchev–Trinajstić information content (AvgIpc) is 3.43. The molecule has 0 rings (SSSR count). The van der Waals surface area contributed by atoms with Gasteiger partial charge < -0.3 is 14.2 Å². The van der Waals surface area contributed by atoms with Crippen LogP contribution in [0.25, 0.3) is 0 Å². The average molecular weight is 1070 g/mol. The summed E-state index contributed by atoms with van der Waals surface area (Å²) in [5.41, 5.74) is 0. The number of hydrogen-bond acceptors (Lipinski definition) is 6. The SMILES string of the molecule is CC/C=C\C/C=C\C/C=C\C/C=C\C/C=C\C/C=C\C/C=C\C/C=C\CCCCCCCCCCC(=O)OCC(COC(=O)CCCCCCCCCCCCCCC)OC(=O)CCCCCCC/C=C\C/C=C\CCC. The third-order valence-electron chi connectivity index (χ3n) is 13.4. The smallest absolute Gasteiger partial charge is 0.306 e. The highest BCUT2D eigenvalue weighted by atomic mass is 16.6. The largest absolute Gasteiger partial charge is 0.462 e. The van der Waals surface area contributed by atoms with Gasteiger partial charge in [-0.05, 0) is 109 Å². The lowest BCUT2D eigenvalue weighted by Crippen LogP contribution is -2.30. The van der Waals surface area contributed by atoms with Crippen molar-refractivity contribution >= 4 is 17.9 Å². The predicted octanol–water partition coefficient (Wildman–Crippen LogP) is 22.0. The number of allylic oxidation sites excluding steroid dienone is 20. The lowest BCUT2D eigenvalue weighted by molar-refractivity contribution is -0.167. The van der Waals surface area contributed by atoms with Gasteiger partial charge in [-0.15, -0.1) is 0 Å². The van der Waals surface area contributed by atoms with Crippen LogP contribution in [0.2, 0.25) is 0 Å². The second-order valence-corrected chi connectivity index (χ2v) is 20.9. The topological polar surface area (TPSA) is 78.9 Å². The maximum atomic E-state index is 12.8. The van der Waals surface area contributed by atoms with Crippen molar-refractivity contribution in [1.29, 1.82) is 0 Å². The Bertz CT molecular complexity index is 1600. The van der Waals surface area contributed by atoms with Crippen LogP contribution in [-0.2, 0) is 28.6 Å². The number of esters is 3. The van der Waals surface area contributed by atoms with Gasteiger partial charge in [0.05, 0.1) is 0 Å². The predicted molar refractivity (Wildman–Crippen MR) is 334 cm³/mol. The minimum Gasteiger partial charge on any atom is -0.462 e. The molecule has 0 fully saturated rings. The molecule has 0 aromatic carbocycles. The molecule has 0 bridgehead atoms. The van der Waals surface area contributed by atoms with E-state index in [9.17, 15) is 14.4 Å². The van der Waals surface area contributed by atoms with Crippen LogP contribution in [-0.4, -0.2) is 37.2 Å². The summed E-state index contributed by atoms with van der Waals surface area (Å²) >= 11 is 0. The van der Waals surface area contributed by atoms with Crippen molar-refractivity contribution in [2.75, 3.05) is 13.2 Å². The molecule has 438 valence electrons. The minimum absolute atomic E-state index is 0.0852. The van der Waals surface area contributed by atoms with Crippen LogP contribution < -0.4 is 0 Å². The minimum atomic E-state index is -0.789.